The lowest BCUT2D eigenvalue weighted by molar-refractivity contribution is -0.562. The molecule has 0 amide bonds. The molecular weight excluding hydrogens is 338 g/mol. The summed E-state index contributed by atoms with van der Waals surface area (Å²) < 4.78 is 28.5. The van der Waals surface area contributed by atoms with E-state index in [0.717, 1.165) is 11.2 Å². The number of thiazole rings is 1. The van der Waals surface area contributed by atoms with Crippen molar-refractivity contribution in [3.8, 4) is 5.69 Å². The Labute approximate surface area is 144 Å². The van der Waals surface area contributed by atoms with Gasteiger partial charge in [0.05, 0.1) is 9.79 Å². The first-order valence-corrected chi connectivity index (χ1v) is 9.81. The van der Waals surface area contributed by atoms with Gasteiger partial charge in [0.2, 0.25) is 26.6 Å². The van der Waals surface area contributed by atoms with Crippen LogP contribution in [0.2, 0.25) is 0 Å². The van der Waals surface area contributed by atoms with Gasteiger partial charge in [0.1, 0.15) is 4.70 Å². The van der Waals surface area contributed by atoms with Crippen molar-refractivity contribution < 1.29 is 13.0 Å². The van der Waals surface area contributed by atoms with E-state index in [1.807, 2.05) is 29.8 Å². The van der Waals surface area contributed by atoms with E-state index >= 15 is 0 Å². The highest BCUT2D eigenvalue weighted by Crippen LogP contribution is 2.22. The Hall–Kier alpha value is -2.50. The molecule has 118 valence electrons. The van der Waals surface area contributed by atoms with Crippen molar-refractivity contribution in [1.82, 2.24) is 0 Å². The Morgan fingerprint density at radius 1 is 0.708 bits per heavy atom. The maximum atomic E-state index is 12.6. The molecule has 0 atom stereocenters. The maximum Gasteiger partial charge on any atom is 0.231 e. The van der Waals surface area contributed by atoms with Crippen LogP contribution < -0.4 is 4.57 Å². The molecule has 0 saturated heterocycles. The van der Waals surface area contributed by atoms with Gasteiger partial charge in [-0.05, 0) is 30.3 Å². The lowest BCUT2D eigenvalue weighted by Crippen LogP contribution is -2.27. The molecule has 24 heavy (non-hydrogen) atoms. The lowest BCUT2D eigenvalue weighted by Gasteiger charge is -2.04. The van der Waals surface area contributed by atoms with Gasteiger partial charge in [-0.3, -0.25) is 0 Å². The highest BCUT2D eigenvalue weighted by molar-refractivity contribution is 7.91. The minimum Gasteiger partial charge on any atom is -0.219 e. The Morgan fingerprint density at radius 3 is 2.08 bits per heavy atom. The molecule has 0 aliphatic heterocycles. The molecule has 0 saturated carbocycles. The van der Waals surface area contributed by atoms with Crippen LogP contribution in [0.15, 0.2) is 94.2 Å². The van der Waals surface area contributed by atoms with Crippen LogP contribution in [0, 0.1) is 0 Å². The van der Waals surface area contributed by atoms with Crippen molar-refractivity contribution in [3.05, 3.63) is 84.4 Å². The van der Waals surface area contributed by atoms with Gasteiger partial charge < -0.3 is 0 Å². The average molecular weight is 352 g/mol. The predicted octanol–water partition coefficient (Wildman–Crippen LogP) is 4.01. The van der Waals surface area contributed by atoms with Crippen molar-refractivity contribution in [2.45, 2.75) is 9.79 Å². The van der Waals surface area contributed by atoms with Crippen molar-refractivity contribution >= 4 is 31.4 Å². The molecule has 4 rings (SSSR count). The first kappa shape index (κ1) is 15.1. The molecule has 3 aromatic carbocycles. The number of para-hydroxylation sites is 1. The zero-order valence-corrected chi connectivity index (χ0v) is 14.3. The van der Waals surface area contributed by atoms with E-state index in [-0.39, 0.29) is 0 Å². The Balaban J connectivity index is 1.76. The molecule has 0 unspecified atom stereocenters. The van der Waals surface area contributed by atoms with Gasteiger partial charge in [0.25, 0.3) is 0 Å². The van der Waals surface area contributed by atoms with Gasteiger partial charge in [-0.1, -0.05) is 41.7 Å². The SMILES string of the molecule is O=S(=O)(c1ccccc1)c1ccc(-[n+]2csc3ccccc32)cc1. The van der Waals surface area contributed by atoms with Gasteiger partial charge in [0.15, 0.2) is 0 Å². The third-order valence-electron chi connectivity index (χ3n) is 3.89. The van der Waals surface area contributed by atoms with Crippen molar-refractivity contribution in [3.63, 3.8) is 0 Å². The summed E-state index contributed by atoms with van der Waals surface area (Å²) in [5.41, 5.74) is 4.09. The zero-order valence-electron chi connectivity index (χ0n) is 12.7. The molecular formula is C19H14NO2S2+. The highest BCUT2D eigenvalue weighted by atomic mass is 32.2. The number of nitrogens with zero attached hydrogens (tertiary/aromatic N) is 1. The smallest absolute Gasteiger partial charge is 0.219 e. The zero-order chi connectivity index (χ0) is 16.6. The summed E-state index contributed by atoms with van der Waals surface area (Å²) in [4.78, 5) is 0.615. The third-order valence-corrected chi connectivity index (χ3v) is 6.59. The van der Waals surface area contributed by atoms with Gasteiger partial charge in [0, 0.05) is 18.2 Å². The highest BCUT2D eigenvalue weighted by Gasteiger charge is 2.19. The number of fused-ring (bicyclic) bond motifs is 1. The maximum absolute atomic E-state index is 12.6. The second-order valence-corrected chi connectivity index (χ2v) is 8.21. The topological polar surface area (TPSA) is 38.0 Å². The van der Waals surface area contributed by atoms with Gasteiger partial charge >= 0.3 is 0 Å². The summed E-state index contributed by atoms with van der Waals surface area (Å²) >= 11 is 1.66. The van der Waals surface area contributed by atoms with Crippen molar-refractivity contribution in [2.75, 3.05) is 0 Å². The quantitative estimate of drug-likeness (QED) is 0.523. The molecule has 0 N–H and O–H groups in total. The second kappa shape index (κ2) is 5.85. The fraction of sp³-hybridized carbons (Fsp3) is 0. The lowest BCUT2D eigenvalue weighted by atomic mass is 10.3. The third kappa shape index (κ3) is 2.52. The fourth-order valence-corrected chi connectivity index (χ4v) is 4.82. The second-order valence-electron chi connectivity index (χ2n) is 5.37. The summed E-state index contributed by atoms with van der Waals surface area (Å²) in [5, 5.41) is 0. The van der Waals surface area contributed by atoms with Crippen LogP contribution in [-0.2, 0) is 9.84 Å². The molecule has 1 aromatic heterocycles. The number of aromatic nitrogens is 1. The molecule has 4 aromatic rings. The van der Waals surface area contributed by atoms with Gasteiger partial charge in [-0.2, -0.15) is 0 Å². The predicted molar refractivity (Wildman–Crippen MR) is 95.3 cm³/mol. The van der Waals surface area contributed by atoms with E-state index in [4.69, 9.17) is 0 Å². The van der Waals surface area contributed by atoms with Crippen LogP contribution in [0.25, 0.3) is 15.9 Å². The van der Waals surface area contributed by atoms with Crippen LogP contribution in [0.3, 0.4) is 0 Å². The van der Waals surface area contributed by atoms with E-state index in [2.05, 4.69) is 16.7 Å². The van der Waals surface area contributed by atoms with Crippen molar-refractivity contribution in [2.24, 2.45) is 0 Å². The molecule has 0 bridgehead atoms. The number of hydrogen-bond donors (Lipinski definition) is 0. The Morgan fingerprint density at radius 2 is 1.33 bits per heavy atom. The van der Waals surface area contributed by atoms with Crippen LogP contribution in [0.1, 0.15) is 0 Å². The molecule has 0 aliphatic carbocycles. The molecule has 1 heterocycles. The summed E-state index contributed by atoms with van der Waals surface area (Å²) in [5.74, 6) is 0. The summed E-state index contributed by atoms with van der Waals surface area (Å²) in [7, 11) is -3.47. The van der Waals surface area contributed by atoms with Crippen LogP contribution in [0.4, 0.5) is 0 Å². The number of sulfone groups is 1. The summed E-state index contributed by atoms with van der Waals surface area (Å²) in [6.07, 6.45) is 0. The number of hydrogen-bond acceptors (Lipinski definition) is 3. The minimum absolute atomic E-state index is 0.303. The van der Waals surface area contributed by atoms with E-state index < -0.39 is 9.84 Å². The molecule has 0 spiro atoms. The molecule has 0 radical (unpaired) electrons. The van der Waals surface area contributed by atoms with Crippen molar-refractivity contribution in [1.29, 1.82) is 0 Å². The number of benzene rings is 3. The Kier molecular flexibility index (Phi) is 3.67. The largest absolute Gasteiger partial charge is 0.231 e. The molecule has 0 fully saturated rings. The van der Waals surface area contributed by atoms with E-state index in [1.165, 1.54) is 4.70 Å². The van der Waals surface area contributed by atoms with Crippen LogP contribution in [0.5, 0.6) is 0 Å². The first-order valence-electron chi connectivity index (χ1n) is 7.45. The summed E-state index contributed by atoms with van der Waals surface area (Å²) in [6, 6.07) is 23.7. The molecule has 3 nitrogen and oxygen atoms in total. The first-order chi connectivity index (χ1) is 11.7. The van der Waals surface area contributed by atoms with E-state index in [1.54, 1.807) is 53.8 Å². The Bertz CT molecular complexity index is 1100. The number of rotatable bonds is 3. The normalized spacial score (nSPS) is 11.7. The average Bonchev–Trinajstić information content (AvgIpc) is 3.07. The molecule has 5 heteroatoms. The van der Waals surface area contributed by atoms with Crippen LogP contribution >= 0.6 is 11.3 Å². The van der Waals surface area contributed by atoms with E-state index in [0.29, 0.717) is 9.79 Å². The standard InChI is InChI=1S/C19H14NO2S2/c21-24(22,16-6-2-1-3-7-16)17-12-10-15(11-13-17)20-14-23-19-9-5-4-8-18(19)20/h1-14H/q+1. The van der Waals surface area contributed by atoms with Gasteiger partial charge in [-0.25, -0.2) is 8.42 Å². The monoisotopic (exact) mass is 352 g/mol. The van der Waals surface area contributed by atoms with E-state index in [9.17, 15) is 8.42 Å². The molecule has 0 aliphatic rings. The summed E-state index contributed by atoms with van der Waals surface area (Å²) in [6.45, 7) is 0. The fourth-order valence-electron chi connectivity index (χ4n) is 2.64. The van der Waals surface area contributed by atoms with Crippen LogP contribution in [-0.4, -0.2) is 8.42 Å². The van der Waals surface area contributed by atoms with Gasteiger partial charge in [-0.15, -0.1) is 4.57 Å². The minimum atomic E-state index is -3.47.